The first-order valence-corrected chi connectivity index (χ1v) is 8.82. The van der Waals surface area contributed by atoms with Crippen LogP contribution in [0.3, 0.4) is 0 Å². The number of hydrogen-bond acceptors (Lipinski definition) is 1. The standard InChI is InChI=1S/C22H24N2O/c1-3-22(23-17(2)25)20-11-9-19(10-12-20)21-13-14-24(16-21)15-18-7-5-4-6-8-18/h4-14,16,22H,3,15H2,1-2H3,(H,23,25)/p+1. The lowest BCUT2D eigenvalue weighted by Gasteiger charge is -2.16. The molecule has 0 aromatic heterocycles. The van der Waals surface area contributed by atoms with Crippen molar-refractivity contribution >= 4 is 11.5 Å². The van der Waals surface area contributed by atoms with E-state index in [-0.39, 0.29) is 11.9 Å². The molecular formula is C22H25N2O+. The summed E-state index contributed by atoms with van der Waals surface area (Å²) in [5.74, 6) is 0.0116. The van der Waals surface area contributed by atoms with Crippen LogP contribution in [-0.2, 0) is 11.3 Å². The second-order valence-electron chi connectivity index (χ2n) is 6.45. The monoisotopic (exact) mass is 333 g/mol. The van der Waals surface area contributed by atoms with Crippen LogP contribution in [0.4, 0.5) is 0 Å². The summed E-state index contributed by atoms with van der Waals surface area (Å²) in [6.45, 7) is 4.61. The predicted octanol–water partition coefficient (Wildman–Crippen LogP) is 3.23. The molecule has 25 heavy (non-hydrogen) atoms. The molecule has 0 bridgehead atoms. The van der Waals surface area contributed by atoms with Crippen LogP contribution in [0.2, 0.25) is 0 Å². The molecule has 3 nitrogen and oxygen atoms in total. The number of nitrogens with one attached hydrogen (secondary N) is 2. The van der Waals surface area contributed by atoms with E-state index in [1.165, 1.54) is 21.6 Å². The van der Waals surface area contributed by atoms with Gasteiger partial charge in [0.1, 0.15) is 12.7 Å². The molecule has 2 N–H and O–H groups in total. The van der Waals surface area contributed by atoms with Crippen LogP contribution in [0.25, 0.3) is 5.57 Å². The Morgan fingerprint density at radius 2 is 1.80 bits per heavy atom. The second-order valence-corrected chi connectivity index (χ2v) is 6.45. The van der Waals surface area contributed by atoms with Crippen molar-refractivity contribution in [3.63, 3.8) is 0 Å². The molecule has 2 aromatic carbocycles. The van der Waals surface area contributed by atoms with Crippen LogP contribution in [-0.4, -0.2) is 5.91 Å². The molecule has 2 aromatic rings. The minimum atomic E-state index is 0.0116. The van der Waals surface area contributed by atoms with E-state index in [1.807, 2.05) is 6.07 Å². The minimum absolute atomic E-state index is 0.0116. The zero-order chi connectivity index (χ0) is 17.6. The molecular weight excluding hydrogens is 308 g/mol. The normalized spacial score (nSPS) is 17.2. The van der Waals surface area contributed by atoms with Gasteiger partial charge in [-0.25, -0.2) is 0 Å². The molecule has 0 fully saturated rings. The fraction of sp³-hybridized carbons (Fsp3) is 0.227. The van der Waals surface area contributed by atoms with E-state index in [1.54, 1.807) is 6.92 Å². The van der Waals surface area contributed by atoms with Gasteiger partial charge < -0.3 is 5.32 Å². The summed E-state index contributed by atoms with van der Waals surface area (Å²) in [5.41, 5.74) is 4.93. The zero-order valence-corrected chi connectivity index (χ0v) is 14.8. The molecule has 0 aliphatic carbocycles. The van der Waals surface area contributed by atoms with Crippen LogP contribution in [0.5, 0.6) is 0 Å². The van der Waals surface area contributed by atoms with E-state index in [0.29, 0.717) is 0 Å². The van der Waals surface area contributed by atoms with E-state index >= 15 is 0 Å². The van der Waals surface area contributed by atoms with Gasteiger partial charge in [-0.3, -0.25) is 9.69 Å². The lowest BCUT2D eigenvalue weighted by atomic mass is 10.00. The van der Waals surface area contributed by atoms with E-state index in [4.69, 9.17) is 0 Å². The first-order chi connectivity index (χ1) is 12.2. The highest BCUT2D eigenvalue weighted by Gasteiger charge is 2.15. The van der Waals surface area contributed by atoms with Crippen molar-refractivity contribution < 1.29 is 9.69 Å². The fourth-order valence-electron chi connectivity index (χ4n) is 3.19. The summed E-state index contributed by atoms with van der Waals surface area (Å²) >= 11 is 0. The van der Waals surface area contributed by atoms with Crippen molar-refractivity contribution in [2.45, 2.75) is 32.9 Å². The second kappa shape index (κ2) is 7.95. The number of quaternary nitrogens is 1. The van der Waals surface area contributed by atoms with Gasteiger partial charge in [0.25, 0.3) is 0 Å². The number of carbonyl (C=O) groups is 1. The molecule has 1 aliphatic heterocycles. The Labute approximate surface area is 149 Å². The molecule has 0 radical (unpaired) electrons. The average molecular weight is 333 g/mol. The van der Waals surface area contributed by atoms with Gasteiger partial charge in [-0.15, -0.1) is 0 Å². The van der Waals surface area contributed by atoms with Crippen molar-refractivity contribution in [2.24, 2.45) is 0 Å². The van der Waals surface area contributed by atoms with Gasteiger partial charge in [0.05, 0.1) is 12.2 Å². The number of benzene rings is 2. The van der Waals surface area contributed by atoms with Gasteiger partial charge in [-0.05, 0) is 17.5 Å². The van der Waals surface area contributed by atoms with Gasteiger partial charge in [0.15, 0.2) is 0 Å². The molecule has 2 unspecified atom stereocenters. The third-order valence-corrected chi connectivity index (χ3v) is 4.50. The van der Waals surface area contributed by atoms with Crippen molar-refractivity contribution in [1.82, 2.24) is 5.32 Å². The molecule has 1 aliphatic rings. The zero-order valence-electron chi connectivity index (χ0n) is 14.8. The smallest absolute Gasteiger partial charge is 0.217 e. The first-order valence-electron chi connectivity index (χ1n) is 8.82. The Hall–Kier alpha value is -2.65. The van der Waals surface area contributed by atoms with E-state index in [2.05, 4.69) is 79.2 Å². The molecule has 0 saturated carbocycles. The van der Waals surface area contributed by atoms with Crippen LogP contribution >= 0.6 is 0 Å². The van der Waals surface area contributed by atoms with E-state index in [0.717, 1.165) is 18.5 Å². The lowest BCUT2D eigenvalue weighted by molar-refractivity contribution is -0.802. The van der Waals surface area contributed by atoms with Gasteiger partial charge in [-0.2, -0.15) is 0 Å². The molecule has 128 valence electrons. The van der Waals surface area contributed by atoms with Crippen molar-refractivity contribution in [1.29, 1.82) is 0 Å². The molecule has 3 heteroatoms. The van der Waals surface area contributed by atoms with E-state index in [9.17, 15) is 4.79 Å². The van der Waals surface area contributed by atoms with Crippen LogP contribution in [0, 0.1) is 0 Å². The Bertz CT molecular complexity index is 775. The number of amides is 1. The Morgan fingerprint density at radius 3 is 2.44 bits per heavy atom. The topological polar surface area (TPSA) is 33.5 Å². The maximum atomic E-state index is 11.3. The van der Waals surface area contributed by atoms with Crippen molar-refractivity contribution in [3.05, 3.63) is 89.8 Å². The van der Waals surface area contributed by atoms with Gasteiger partial charge >= 0.3 is 0 Å². The summed E-state index contributed by atoms with van der Waals surface area (Å²) in [6, 6.07) is 19.1. The minimum Gasteiger partial charge on any atom is -0.350 e. The summed E-state index contributed by atoms with van der Waals surface area (Å²) in [4.78, 5) is 12.6. The van der Waals surface area contributed by atoms with Gasteiger partial charge in [-0.1, -0.05) is 61.5 Å². The number of rotatable bonds is 6. The maximum Gasteiger partial charge on any atom is 0.217 e. The molecule has 0 saturated heterocycles. The van der Waals surface area contributed by atoms with Crippen molar-refractivity contribution in [3.8, 4) is 0 Å². The summed E-state index contributed by atoms with van der Waals surface area (Å²) in [7, 11) is 0. The average Bonchev–Trinajstić information content (AvgIpc) is 3.09. The summed E-state index contributed by atoms with van der Waals surface area (Å²) < 4.78 is 0. The molecule has 3 rings (SSSR count). The molecule has 1 heterocycles. The first kappa shape index (κ1) is 17.2. The predicted molar refractivity (Wildman–Crippen MR) is 102 cm³/mol. The Kier molecular flexibility index (Phi) is 5.46. The van der Waals surface area contributed by atoms with Crippen molar-refractivity contribution in [2.75, 3.05) is 0 Å². The highest BCUT2D eigenvalue weighted by molar-refractivity contribution is 5.75. The lowest BCUT2D eigenvalue weighted by Crippen LogP contribution is -3.00. The van der Waals surface area contributed by atoms with Crippen LogP contribution < -0.4 is 10.2 Å². The largest absolute Gasteiger partial charge is 0.350 e. The van der Waals surface area contributed by atoms with Crippen LogP contribution in [0.1, 0.15) is 43.0 Å². The van der Waals surface area contributed by atoms with Gasteiger partial charge in [0, 0.05) is 24.1 Å². The Balaban J connectivity index is 1.69. The highest BCUT2D eigenvalue weighted by Crippen LogP contribution is 2.21. The number of carbonyl (C=O) groups excluding carboxylic acids is 1. The SMILES string of the molecule is CCC(NC(C)=O)c1ccc(C2=C[NH+](Cc3ccccc3)C=C2)cc1. The van der Waals surface area contributed by atoms with Gasteiger partial charge in [0.2, 0.25) is 5.91 Å². The maximum absolute atomic E-state index is 11.3. The quantitative estimate of drug-likeness (QED) is 0.836. The Morgan fingerprint density at radius 1 is 1.08 bits per heavy atom. The number of allylic oxidation sites excluding steroid dienone is 2. The van der Waals surface area contributed by atoms with E-state index < -0.39 is 0 Å². The third kappa shape index (κ3) is 4.46. The molecule has 1 amide bonds. The number of hydrogen-bond donors (Lipinski definition) is 2. The molecule has 2 atom stereocenters. The summed E-state index contributed by atoms with van der Waals surface area (Å²) in [5, 5.41) is 3.00. The molecule has 0 spiro atoms. The summed E-state index contributed by atoms with van der Waals surface area (Å²) in [6.07, 6.45) is 7.52. The fourth-order valence-corrected chi connectivity index (χ4v) is 3.19. The third-order valence-electron chi connectivity index (χ3n) is 4.50. The van der Waals surface area contributed by atoms with Crippen LogP contribution in [0.15, 0.2) is 73.1 Å². The highest BCUT2D eigenvalue weighted by atomic mass is 16.1.